The first-order valence-electron chi connectivity index (χ1n) is 5.69. The summed E-state index contributed by atoms with van der Waals surface area (Å²) in [6.45, 7) is 4.19. The van der Waals surface area contributed by atoms with Crippen molar-refractivity contribution in [1.29, 1.82) is 0 Å². The second-order valence-corrected chi connectivity index (χ2v) is 7.87. The third-order valence-electron chi connectivity index (χ3n) is 2.55. The normalized spacial score (nSPS) is 13.7. The molecule has 1 unspecified atom stereocenters. The van der Waals surface area contributed by atoms with Crippen molar-refractivity contribution < 1.29 is 13.2 Å². The van der Waals surface area contributed by atoms with Gasteiger partial charge in [-0.05, 0) is 18.1 Å². The average molecular weight is 322 g/mol. The van der Waals surface area contributed by atoms with Gasteiger partial charge in [0.05, 0.1) is 11.5 Å². The van der Waals surface area contributed by atoms with Crippen LogP contribution in [0.3, 0.4) is 0 Å². The Kier molecular flexibility index (Phi) is 5.87. The zero-order valence-electron chi connectivity index (χ0n) is 11.0. The van der Waals surface area contributed by atoms with Crippen molar-refractivity contribution in [1.82, 2.24) is 4.72 Å². The zero-order chi connectivity index (χ0) is 14.6. The van der Waals surface area contributed by atoms with E-state index in [9.17, 15) is 8.42 Å². The molecule has 5 nitrogen and oxygen atoms in total. The highest BCUT2D eigenvalue weighted by Gasteiger charge is 2.24. The molecule has 0 saturated heterocycles. The Labute approximate surface area is 123 Å². The number of nitrogens with one attached hydrogen (secondary N) is 1. The van der Waals surface area contributed by atoms with Crippen LogP contribution >= 0.6 is 23.6 Å². The van der Waals surface area contributed by atoms with Crippen molar-refractivity contribution in [2.24, 2.45) is 11.7 Å². The molecule has 0 bridgehead atoms. The van der Waals surface area contributed by atoms with Crippen molar-refractivity contribution in [3.63, 3.8) is 0 Å². The van der Waals surface area contributed by atoms with E-state index in [0.717, 1.165) is 11.3 Å². The summed E-state index contributed by atoms with van der Waals surface area (Å²) in [7, 11) is -2.02. The van der Waals surface area contributed by atoms with Gasteiger partial charge in [-0.15, -0.1) is 11.3 Å². The van der Waals surface area contributed by atoms with E-state index in [4.69, 9.17) is 22.7 Å². The number of rotatable bonds is 7. The largest absolute Gasteiger partial charge is 0.389 e. The molecule has 0 spiro atoms. The molecule has 0 radical (unpaired) electrons. The molecule has 0 aliphatic heterocycles. The van der Waals surface area contributed by atoms with Crippen LogP contribution in [-0.4, -0.2) is 33.2 Å². The molecule has 0 fully saturated rings. The molecular formula is C11H18N2O3S3. The summed E-state index contributed by atoms with van der Waals surface area (Å²) in [6.07, 6.45) is 0. The molecular weight excluding hydrogens is 304 g/mol. The lowest BCUT2D eigenvalue weighted by Gasteiger charge is -2.20. The Morgan fingerprint density at radius 3 is 2.58 bits per heavy atom. The highest BCUT2D eigenvalue weighted by atomic mass is 32.2. The summed E-state index contributed by atoms with van der Waals surface area (Å²) in [5.41, 5.74) is 5.47. The molecule has 0 aliphatic rings. The molecule has 1 rings (SSSR count). The second-order valence-electron chi connectivity index (χ2n) is 4.41. The van der Waals surface area contributed by atoms with Crippen molar-refractivity contribution in [2.45, 2.75) is 24.1 Å². The Hall–Kier alpha value is -0.540. The predicted molar refractivity (Wildman–Crippen MR) is 81.0 cm³/mol. The molecule has 1 aromatic rings. The van der Waals surface area contributed by atoms with Crippen LogP contribution < -0.4 is 10.5 Å². The number of hydrogen-bond donors (Lipinski definition) is 2. The molecule has 1 aromatic heterocycles. The molecule has 8 heteroatoms. The first-order valence-corrected chi connectivity index (χ1v) is 8.39. The van der Waals surface area contributed by atoms with Gasteiger partial charge in [-0.2, -0.15) is 0 Å². The molecule has 19 heavy (non-hydrogen) atoms. The summed E-state index contributed by atoms with van der Waals surface area (Å²) in [5, 5.41) is 0. The fourth-order valence-corrected chi connectivity index (χ4v) is 4.13. The number of methoxy groups -OCH3 is 1. The standard InChI is InChI=1S/C11H18N2O3S3/c1-7(2)8(6-16-3)13-19(14,15)10-5-4-9(18-10)11(12)17/h4-5,7-8,13H,6H2,1-3H3,(H2,12,17). The minimum Gasteiger partial charge on any atom is -0.389 e. The first kappa shape index (κ1) is 16.5. The van der Waals surface area contributed by atoms with E-state index >= 15 is 0 Å². The molecule has 1 heterocycles. The fourth-order valence-electron chi connectivity index (χ4n) is 1.40. The van der Waals surface area contributed by atoms with E-state index in [1.807, 2.05) is 13.8 Å². The van der Waals surface area contributed by atoms with Gasteiger partial charge in [-0.3, -0.25) is 0 Å². The third kappa shape index (κ3) is 4.50. The topological polar surface area (TPSA) is 81.4 Å². The minimum atomic E-state index is -3.57. The lowest BCUT2D eigenvalue weighted by atomic mass is 10.1. The van der Waals surface area contributed by atoms with Crippen LogP contribution in [-0.2, 0) is 14.8 Å². The van der Waals surface area contributed by atoms with E-state index in [-0.39, 0.29) is 21.2 Å². The van der Waals surface area contributed by atoms with Crippen LogP contribution in [0.5, 0.6) is 0 Å². The van der Waals surface area contributed by atoms with Gasteiger partial charge in [0.2, 0.25) is 10.0 Å². The van der Waals surface area contributed by atoms with Gasteiger partial charge < -0.3 is 10.5 Å². The van der Waals surface area contributed by atoms with Gasteiger partial charge in [-0.1, -0.05) is 26.1 Å². The van der Waals surface area contributed by atoms with Crippen LogP contribution in [0.15, 0.2) is 16.3 Å². The van der Waals surface area contributed by atoms with Gasteiger partial charge >= 0.3 is 0 Å². The number of thiophene rings is 1. The number of hydrogen-bond acceptors (Lipinski definition) is 5. The van der Waals surface area contributed by atoms with Crippen molar-refractivity contribution in [3.05, 3.63) is 17.0 Å². The lowest BCUT2D eigenvalue weighted by molar-refractivity contribution is 0.157. The highest BCUT2D eigenvalue weighted by molar-refractivity contribution is 7.91. The summed E-state index contributed by atoms with van der Waals surface area (Å²) >= 11 is 5.88. The maximum Gasteiger partial charge on any atom is 0.250 e. The van der Waals surface area contributed by atoms with E-state index < -0.39 is 10.0 Å². The van der Waals surface area contributed by atoms with Crippen LogP contribution in [0.2, 0.25) is 0 Å². The SMILES string of the molecule is COCC(NS(=O)(=O)c1ccc(C(N)=S)s1)C(C)C. The van der Waals surface area contributed by atoms with Crippen LogP contribution in [0.1, 0.15) is 18.7 Å². The lowest BCUT2D eigenvalue weighted by Crippen LogP contribution is -2.41. The van der Waals surface area contributed by atoms with Gasteiger partial charge in [0, 0.05) is 13.2 Å². The fraction of sp³-hybridized carbons (Fsp3) is 0.545. The smallest absolute Gasteiger partial charge is 0.250 e. The summed E-state index contributed by atoms with van der Waals surface area (Å²) in [4.78, 5) is 0.784. The van der Waals surface area contributed by atoms with Gasteiger partial charge in [-0.25, -0.2) is 13.1 Å². The van der Waals surface area contributed by atoms with Crippen LogP contribution in [0.4, 0.5) is 0 Å². The third-order valence-corrected chi connectivity index (χ3v) is 6.00. The van der Waals surface area contributed by atoms with Crippen molar-refractivity contribution in [3.8, 4) is 0 Å². The second kappa shape index (κ2) is 6.76. The van der Waals surface area contributed by atoms with Crippen molar-refractivity contribution >= 4 is 38.6 Å². The minimum absolute atomic E-state index is 0.129. The van der Waals surface area contributed by atoms with Crippen LogP contribution in [0.25, 0.3) is 0 Å². The Morgan fingerprint density at radius 2 is 2.16 bits per heavy atom. The molecule has 108 valence electrons. The molecule has 0 amide bonds. The summed E-state index contributed by atoms with van der Waals surface area (Å²) < 4.78 is 32.3. The number of ether oxygens (including phenoxy) is 1. The maximum atomic E-state index is 12.2. The van der Waals surface area contributed by atoms with E-state index in [2.05, 4.69) is 4.72 Å². The van der Waals surface area contributed by atoms with E-state index in [1.165, 1.54) is 6.07 Å². The van der Waals surface area contributed by atoms with Crippen molar-refractivity contribution in [2.75, 3.05) is 13.7 Å². The van der Waals surface area contributed by atoms with Crippen LogP contribution in [0, 0.1) is 5.92 Å². The molecule has 3 N–H and O–H groups in total. The molecule has 0 saturated carbocycles. The van der Waals surface area contributed by atoms with Gasteiger partial charge in [0.15, 0.2) is 0 Å². The first-order chi connectivity index (χ1) is 8.77. The monoisotopic (exact) mass is 322 g/mol. The van der Waals surface area contributed by atoms with E-state index in [1.54, 1.807) is 13.2 Å². The Bertz CT molecular complexity index is 537. The zero-order valence-corrected chi connectivity index (χ0v) is 13.5. The predicted octanol–water partition coefficient (Wildman–Crippen LogP) is 1.33. The quantitative estimate of drug-likeness (QED) is 0.740. The van der Waals surface area contributed by atoms with Gasteiger partial charge in [0.25, 0.3) is 0 Å². The highest BCUT2D eigenvalue weighted by Crippen LogP contribution is 2.22. The summed E-state index contributed by atoms with van der Waals surface area (Å²) in [5.74, 6) is 0.129. The van der Waals surface area contributed by atoms with Gasteiger partial charge in [0.1, 0.15) is 9.20 Å². The molecule has 0 aromatic carbocycles. The number of nitrogens with two attached hydrogens (primary N) is 1. The molecule has 0 aliphatic carbocycles. The number of thiocarbonyl (C=S) groups is 1. The Morgan fingerprint density at radius 1 is 1.53 bits per heavy atom. The number of sulfonamides is 1. The Balaban J connectivity index is 2.93. The molecule has 1 atom stereocenters. The summed E-state index contributed by atoms with van der Waals surface area (Å²) in [6, 6.07) is 2.85. The van der Waals surface area contributed by atoms with E-state index in [0.29, 0.717) is 11.5 Å². The average Bonchev–Trinajstić information content (AvgIpc) is 2.78. The maximum absolute atomic E-state index is 12.2.